The Morgan fingerprint density at radius 3 is 1.80 bits per heavy atom. The van der Waals surface area contributed by atoms with Crippen LogP contribution >= 0.6 is 25.3 Å². The molecule has 5 heavy (non-hydrogen) atoms. The lowest BCUT2D eigenvalue weighted by Gasteiger charge is -1.78. The zero-order valence-electron chi connectivity index (χ0n) is 8.39. The number of hydrogen-bond acceptors (Lipinski definition) is 2. The van der Waals surface area contributed by atoms with Crippen LogP contribution in [-0.4, -0.2) is 11.4 Å². The maximum Gasteiger partial charge on any atom is 0.0378 e. The van der Waals surface area contributed by atoms with Gasteiger partial charge in [-0.05, 0) is 17.8 Å². The summed E-state index contributed by atoms with van der Waals surface area (Å²) in [4.78, 5) is 0. The van der Waals surface area contributed by atoms with Crippen molar-refractivity contribution < 1.29 is 8.22 Å². The van der Waals surface area contributed by atoms with Crippen LogP contribution in [0.5, 0.6) is 0 Å². The normalized spacial score (nSPS) is 34.8. The zero-order valence-corrected chi connectivity index (χ0v) is 4.18. The first kappa shape index (κ1) is 1.10. The van der Waals surface area contributed by atoms with Crippen LogP contribution < -0.4 is 0 Å². The van der Waals surface area contributed by atoms with E-state index < -0.39 is 17.8 Å². The molecule has 0 aliphatic carbocycles. The van der Waals surface area contributed by atoms with Gasteiger partial charge in [-0.3, -0.25) is 0 Å². The summed E-state index contributed by atoms with van der Waals surface area (Å²) in [5.74, 6) is 0. The van der Waals surface area contributed by atoms with Crippen molar-refractivity contribution in [1.82, 2.24) is 0 Å². The van der Waals surface area contributed by atoms with Gasteiger partial charge in [0.15, 0.2) is 0 Å². The highest BCUT2D eigenvalue weighted by Gasteiger charge is 1.69. The first-order valence-electron chi connectivity index (χ1n) is 3.95. The van der Waals surface area contributed by atoms with E-state index in [-0.39, 0.29) is 0 Å². The van der Waals surface area contributed by atoms with Gasteiger partial charge in [0.2, 0.25) is 0 Å². The third-order valence-electron chi connectivity index (χ3n) is 0.112. The Labute approximate surface area is 52.2 Å². The van der Waals surface area contributed by atoms with Crippen molar-refractivity contribution in [3.8, 4) is 0 Å². The van der Waals surface area contributed by atoms with Crippen molar-refractivity contribution in [2.24, 2.45) is 0 Å². The summed E-state index contributed by atoms with van der Waals surface area (Å²) in [5.41, 5.74) is -5.09. The molecule has 0 fully saturated rings. The number of rotatable bonds is 2. The Morgan fingerprint density at radius 2 is 1.80 bits per heavy atom. The quantitative estimate of drug-likeness (QED) is 0.496. The molecular formula is C3H8S2. The van der Waals surface area contributed by atoms with Gasteiger partial charge in [0, 0.05) is 8.22 Å². The molecule has 0 saturated heterocycles. The lowest BCUT2D eigenvalue weighted by Crippen LogP contribution is -1.71. The number of thiol groups is 2. The SMILES string of the molecule is [2H]C([2H])(S)C([2H])([2H])C([2H])([2H])S. The lowest BCUT2D eigenvalue weighted by molar-refractivity contribution is 1.14. The van der Waals surface area contributed by atoms with E-state index in [4.69, 9.17) is 8.22 Å². The fraction of sp³-hybridized carbons (Fsp3) is 1.00. The molecule has 0 amide bonds. The van der Waals surface area contributed by atoms with Crippen molar-refractivity contribution in [2.45, 2.75) is 6.37 Å². The van der Waals surface area contributed by atoms with Crippen molar-refractivity contribution in [3.63, 3.8) is 0 Å². The molecule has 0 aromatic rings. The molecule has 2 heteroatoms. The van der Waals surface area contributed by atoms with Crippen molar-refractivity contribution in [3.05, 3.63) is 0 Å². The highest BCUT2D eigenvalue weighted by atomic mass is 32.1. The summed E-state index contributed by atoms with van der Waals surface area (Å²) in [6.07, 6.45) is -2.73. The molecule has 32 valence electrons. The average molecular weight is 114 g/mol. The van der Waals surface area contributed by atoms with Crippen LogP contribution in [0.3, 0.4) is 0 Å². The molecule has 0 aromatic heterocycles. The topological polar surface area (TPSA) is 0 Å². The minimum absolute atomic E-state index is 2.54. The van der Waals surface area contributed by atoms with Gasteiger partial charge in [-0.1, -0.05) is 0 Å². The van der Waals surface area contributed by atoms with E-state index in [0.29, 0.717) is 0 Å². The standard InChI is InChI=1S/C3H8S2/c4-2-1-3-5/h4-5H,1-3H2/i1D2,2D2,3D2. The second-order valence-corrected chi connectivity index (χ2v) is 0.796. The first-order valence-corrected chi connectivity index (χ1v) is 1.84. The van der Waals surface area contributed by atoms with E-state index in [1.807, 2.05) is 0 Å². The maximum absolute atomic E-state index is 6.99. The summed E-state index contributed by atoms with van der Waals surface area (Å²) in [6.45, 7) is 0. The highest BCUT2D eigenvalue weighted by molar-refractivity contribution is 7.81. The van der Waals surface area contributed by atoms with Gasteiger partial charge in [-0.2, -0.15) is 25.3 Å². The Balaban J connectivity index is 4.75. The predicted octanol–water partition coefficient (Wildman–Crippen LogP) is 1.24. The van der Waals surface area contributed by atoms with Crippen molar-refractivity contribution in [1.29, 1.82) is 0 Å². The molecule has 0 atom stereocenters. The van der Waals surface area contributed by atoms with Gasteiger partial charge in [0.1, 0.15) is 0 Å². The minimum atomic E-state index is -2.73. The minimum Gasteiger partial charge on any atom is -0.179 e. The van der Waals surface area contributed by atoms with E-state index in [2.05, 4.69) is 25.3 Å². The summed E-state index contributed by atoms with van der Waals surface area (Å²) >= 11 is 6.60. The van der Waals surface area contributed by atoms with E-state index in [1.165, 1.54) is 0 Å². The van der Waals surface area contributed by atoms with Gasteiger partial charge in [0.05, 0.1) is 0 Å². The second-order valence-electron chi connectivity index (χ2n) is 0.349. The van der Waals surface area contributed by atoms with Crippen LogP contribution in [0.2, 0.25) is 0 Å². The van der Waals surface area contributed by atoms with Crippen LogP contribution in [0, 0.1) is 0 Å². The van der Waals surface area contributed by atoms with Gasteiger partial charge < -0.3 is 0 Å². The van der Waals surface area contributed by atoms with Gasteiger partial charge in [-0.25, -0.2) is 0 Å². The van der Waals surface area contributed by atoms with Crippen LogP contribution in [-0.2, 0) is 0 Å². The molecule has 0 radical (unpaired) electrons. The van der Waals surface area contributed by atoms with Crippen LogP contribution in [0.4, 0.5) is 0 Å². The van der Waals surface area contributed by atoms with E-state index in [9.17, 15) is 0 Å². The van der Waals surface area contributed by atoms with E-state index >= 15 is 0 Å². The fourth-order valence-electron chi connectivity index (χ4n) is 0.0250. The van der Waals surface area contributed by atoms with E-state index in [1.54, 1.807) is 0 Å². The Hall–Kier alpha value is 0.700. The summed E-state index contributed by atoms with van der Waals surface area (Å²) < 4.78 is 41.4. The molecule has 0 unspecified atom stereocenters. The number of hydrogen-bond donors (Lipinski definition) is 2. The molecule has 0 nitrogen and oxygen atoms in total. The van der Waals surface area contributed by atoms with Crippen molar-refractivity contribution >= 4 is 25.3 Å². The van der Waals surface area contributed by atoms with Crippen LogP contribution in [0.1, 0.15) is 14.6 Å². The molecule has 0 bridgehead atoms. The zero-order chi connectivity index (χ0) is 9.50. The predicted molar refractivity (Wildman–Crippen MR) is 32.3 cm³/mol. The van der Waals surface area contributed by atoms with Gasteiger partial charge in [-0.15, -0.1) is 0 Å². The third kappa shape index (κ3) is 4.70. The summed E-state index contributed by atoms with van der Waals surface area (Å²) in [6, 6.07) is 0. The van der Waals surface area contributed by atoms with E-state index in [0.717, 1.165) is 0 Å². The van der Waals surface area contributed by atoms with Crippen LogP contribution in [0.15, 0.2) is 0 Å². The smallest absolute Gasteiger partial charge is 0.0378 e. The Bertz CT molecular complexity index is 127. The lowest BCUT2D eigenvalue weighted by atomic mass is 10.6. The molecule has 0 spiro atoms. The maximum atomic E-state index is 6.99. The largest absolute Gasteiger partial charge is 0.179 e. The Kier molecular flexibility index (Phi) is 1.03. The molecule has 0 aliphatic heterocycles. The van der Waals surface area contributed by atoms with Gasteiger partial charge in [0.25, 0.3) is 0 Å². The molecule has 0 saturated carbocycles. The molecular weight excluding hydrogens is 100 g/mol. The first-order chi connectivity index (χ1) is 4.50. The summed E-state index contributed by atoms with van der Waals surface area (Å²) in [7, 11) is 0. The molecule has 0 aliphatic rings. The average Bonchev–Trinajstić information content (AvgIpc) is 1.58. The Morgan fingerprint density at radius 1 is 1.40 bits per heavy atom. The van der Waals surface area contributed by atoms with Crippen molar-refractivity contribution in [2.75, 3.05) is 11.4 Å². The molecule has 0 rings (SSSR count). The summed E-state index contributed by atoms with van der Waals surface area (Å²) in [5, 5.41) is 0. The third-order valence-corrected chi connectivity index (χ3v) is 0.335. The monoisotopic (exact) mass is 114 g/mol. The van der Waals surface area contributed by atoms with Gasteiger partial charge >= 0.3 is 0 Å². The highest BCUT2D eigenvalue weighted by Crippen LogP contribution is 1.83. The molecule has 0 aromatic carbocycles. The fourth-order valence-corrected chi connectivity index (χ4v) is 0.225. The second kappa shape index (κ2) is 4.70. The van der Waals surface area contributed by atoms with Crippen LogP contribution in [0.25, 0.3) is 0 Å². The molecule has 0 heterocycles. The molecule has 0 N–H and O–H groups in total.